The van der Waals surface area contributed by atoms with Crippen molar-refractivity contribution in [2.75, 3.05) is 0 Å². The number of nitrogens with zero attached hydrogens (tertiary/aromatic N) is 2. The summed E-state index contributed by atoms with van der Waals surface area (Å²) in [6.07, 6.45) is 0.447. The van der Waals surface area contributed by atoms with Crippen LogP contribution in [0.3, 0.4) is 0 Å². The molecule has 0 spiro atoms. The SMILES string of the molecule is CC1(C)OB(C2=C[N+](B(O)O)(C(=O)[O-])N=C2)OC1(C)C. The van der Waals surface area contributed by atoms with E-state index in [0.717, 1.165) is 6.20 Å². The number of carbonyl (C=O) groups is 1. The summed E-state index contributed by atoms with van der Waals surface area (Å²) in [5.74, 6) is 0. The fraction of sp³-hybridized carbons (Fsp3) is 0.600. The highest BCUT2D eigenvalue weighted by atomic mass is 16.7. The van der Waals surface area contributed by atoms with Crippen LogP contribution < -0.4 is 5.11 Å². The molecule has 2 aliphatic rings. The van der Waals surface area contributed by atoms with E-state index in [4.69, 9.17) is 9.31 Å². The van der Waals surface area contributed by atoms with Crippen molar-refractivity contribution < 1.29 is 33.8 Å². The van der Waals surface area contributed by atoms with Crippen LogP contribution in [-0.4, -0.2) is 52.4 Å². The predicted molar refractivity (Wildman–Crippen MR) is 68.5 cm³/mol. The number of carboxylic acid groups (broad SMARTS) is 1. The van der Waals surface area contributed by atoms with Crippen molar-refractivity contribution in [1.29, 1.82) is 0 Å². The molecule has 0 aromatic heterocycles. The molecule has 0 aromatic rings. The Bertz CT molecular complexity index is 488. The zero-order chi connectivity index (χ0) is 15.3. The van der Waals surface area contributed by atoms with Gasteiger partial charge in [-0.15, -0.1) is 4.50 Å². The van der Waals surface area contributed by atoms with E-state index in [-0.39, 0.29) is 0 Å². The van der Waals surface area contributed by atoms with E-state index in [1.54, 1.807) is 0 Å². The highest BCUT2D eigenvalue weighted by molar-refractivity contribution is 6.60. The lowest BCUT2D eigenvalue weighted by atomic mass is 9.79. The molecule has 2 heterocycles. The molecule has 8 nitrogen and oxygen atoms in total. The monoisotopic (exact) mass is 282 g/mol. The van der Waals surface area contributed by atoms with Crippen molar-refractivity contribution >= 4 is 26.7 Å². The van der Waals surface area contributed by atoms with Crippen LogP contribution in [0.1, 0.15) is 27.7 Å². The second-order valence-corrected chi connectivity index (χ2v) is 5.81. The van der Waals surface area contributed by atoms with Crippen LogP contribution in [0.4, 0.5) is 4.79 Å². The Labute approximate surface area is 117 Å². The van der Waals surface area contributed by atoms with Crippen molar-refractivity contribution in [2.24, 2.45) is 5.10 Å². The first-order chi connectivity index (χ1) is 9.02. The van der Waals surface area contributed by atoms with Crippen LogP contribution in [0.15, 0.2) is 16.8 Å². The van der Waals surface area contributed by atoms with Gasteiger partial charge in [0.05, 0.1) is 22.9 Å². The topological polar surface area (TPSA) is 111 Å². The maximum Gasteiger partial charge on any atom is 0.793 e. The van der Waals surface area contributed by atoms with Gasteiger partial charge in [-0.2, -0.15) is 0 Å². The molecule has 20 heavy (non-hydrogen) atoms. The molecule has 0 bridgehead atoms. The Kier molecular flexibility index (Phi) is 3.35. The molecule has 2 aliphatic heterocycles. The molecule has 10 heteroatoms. The first-order valence-corrected chi connectivity index (χ1v) is 6.12. The van der Waals surface area contributed by atoms with Gasteiger partial charge in [0.25, 0.3) is 6.09 Å². The summed E-state index contributed by atoms with van der Waals surface area (Å²) >= 11 is 0. The van der Waals surface area contributed by atoms with Crippen molar-refractivity contribution in [2.45, 2.75) is 38.9 Å². The number of rotatable bonds is 2. The second-order valence-electron chi connectivity index (χ2n) is 5.81. The van der Waals surface area contributed by atoms with Gasteiger partial charge in [-0.05, 0) is 27.7 Å². The van der Waals surface area contributed by atoms with Gasteiger partial charge in [0, 0.05) is 0 Å². The molecule has 0 aliphatic carbocycles. The fourth-order valence-electron chi connectivity index (χ4n) is 1.88. The van der Waals surface area contributed by atoms with Gasteiger partial charge >= 0.3 is 14.4 Å². The summed E-state index contributed by atoms with van der Waals surface area (Å²) < 4.78 is 9.99. The Morgan fingerprint density at radius 1 is 1.35 bits per heavy atom. The number of amides is 1. The van der Waals surface area contributed by atoms with E-state index >= 15 is 0 Å². The minimum Gasteiger partial charge on any atom is -0.498 e. The lowest BCUT2D eigenvalue weighted by Gasteiger charge is -2.32. The summed E-state index contributed by atoms with van der Waals surface area (Å²) in [4.78, 5) is 11.1. The Morgan fingerprint density at radius 2 is 1.85 bits per heavy atom. The molecule has 0 radical (unpaired) electrons. The lowest BCUT2D eigenvalue weighted by Crippen LogP contribution is -2.59. The standard InChI is InChI=1S/C10H16B2N2O6/c1-9(2)10(3,4)20-11(19-9)7-5-13-14(6-7,8(15)16)12(17)18/h5-6,17-18H,1-4H3. The van der Waals surface area contributed by atoms with Crippen LogP contribution in [0, 0.1) is 0 Å². The molecule has 2 rings (SSSR count). The third kappa shape index (κ3) is 2.09. The molecule has 0 aromatic carbocycles. The predicted octanol–water partition coefficient (Wildman–Crippen LogP) is -1.37. The van der Waals surface area contributed by atoms with Crippen LogP contribution in [0.5, 0.6) is 0 Å². The molecule has 0 saturated carbocycles. The minimum atomic E-state index is -2.27. The van der Waals surface area contributed by atoms with E-state index in [0.29, 0.717) is 5.47 Å². The summed E-state index contributed by atoms with van der Waals surface area (Å²) in [5, 5.41) is 33.1. The third-order valence-corrected chi connectivity index (χ3v) is 3.91. The van der Waals surface area contributed by atoms with Crippen molar-refractivity contribution in [1.82, 2.24) is 0 Å². The van der Waals surface area contributed by atoms with E-state index in [1.165, 1.54) is 6.21 Å². The van der Waals surface area contributed by atoms with Gasteiger partial charge in [0.15, 0.2) is 0 Å². The smallest absolute Gasteiger partial charge is 0.498 e. The minimum absolute atomic E-state index is 0.293. The summed E-state index contributed by atoms with van der Waals surface area (Å²) in [6.45, 7) is 7.39. The van der Waals surface area contributed by atoms with Gasteiger partial charge in [-0.3, -0.25) is 0 Å². The average molecular weight is 282 g/mol. The highest BCUT2D eigenvalue weighted by Gasteiger charge is 2.56. The van der Waals surface area contributed by atoms with Crippen molar-refractivity contribution in [3.8, 4) is 0 Å². The number of hydrogen-bond donors (Lipinski definition) is 2. The van der Waals surface area contributed by atoms with Gasteiger partial charge < -0.3 is 29.3 Å². The molecular formula is C10H16B2N2O6. The Hall–Kier alpha value is -1.19. The Morgan fingerprint density at radius 3 is 2.20 bits per heavy atom. The summed E-state index contributed by atoms with van der Waals surface area (Å²) in [6, 6.07) is 0. The molecule has 2 N–H and O–H groups in total. The summed E-state index contributed by atoms with van der Waals surface area (Å²) in [5.41, 5.74) is -0.894. The first kappa shape index (κ1) is 15.2. The van der Waals surface area contributed by atoms with Crippen LogP contribution in [0.25, 0.3) is 0 Å². The van der Waals surface area contributed by atoms with Crippen LogP contribution in [-0.2, 0) is 9.31 Å². The fourth-order valence-corrected chi connectivity index (χ4v) is 1.88. The van der Waals surface area contributed by atoms with Crippen LogP contribution >= 0.6 is 0 Å². The number of allylic oxidation sites excluding steroid dienone is 1. The zero-order valence-electron chi connectivity index (χ0n) is 11.7. The van der Waals surface area contributed by atoms with E-state index < -0.39 is 36.2 Å². The molecule has 1 amide bonds. The number of quaternary nitrogens is 1. The second kappa shape index (κ2) is 4.40. The summed E-state index contributed by atoms with van der Waals surface area (Å²) in [7, 11) is -3.10. The molecule has 1 unspecified atom stereocenters. The first-order valence-electron chi connectivity index (χ1n) is 6.12. The largest absolute Gasteiger partial charge is 0.793 e. The number of carbonyl (C=O) groups excluding carboxylic acids is 1. The van der Waals surface area contributed by atoms with E-state index in [2.05, 4.69) is 5.10 Å². The number of hydrogen-bond acceptors (Lipinski definition) is 7. The van der Waals surface area contributed by atoms with Crippen molar-refractivity contribution in [3.05, 3.63) is 11.7 Å². The average Bonchev–Trinajstić information content (AvgIpc) is 2.80. The van der Waals surface area contributed by atoms with Crippen LogP contribution in [0.2, 0.25) is 0 Å². The molecule has 1 atom stereocenters. The Balaban J connectivity index is 2.30. The lowest BCUT2D eigenvalue weighted by molar-refractivity contribution is -0.745. The third-order valence-electron chi connectivity index (χ3n) is 3.91. The van der Waals surface area contributed by atoms with Crippen molar-refractivity contribution in [3.63, 3.8) is 0 Å². The molecule has 108 valence electrons. The molecule has 1 fully saturated rings. The maximum atomic E-state index is 11.1. The van der Waals surface area contributed by atoms with E-state index in [9.17, 15) is 19.9 Å². The maximum absolute atomic E-state index is 11.1. The highest BCUT2D eigenvalue weighted by Crippen LogP contribution is 2.39. The quantitative estimate of drug-likeness (QED) is 0.604. The zero-order valence-corrected chi connectivity index (χ0v) is 11.7. The van der Waals surface area contributed by atoms with Gasteiger partial charge in [0.2, 0.25) is 0 Å². The van der Waals surface area contributed by atoms with Gasteiger partial charge in [0.1, 0.15) is 6.20 Å². The van der Waals surface area contributed by atoms with Gasteiger partial charge in [-0.25, -0.2) is 0 Å². The van der Waals surface area contributed by atoms with E-state index in [1.807, 2.05) is 27.7 Å². The van der Waals surface area contributed by atoms with Gasteiger partial charge in [-0.1, -0.05) is 5.10 Å². The molecule has 1 saturated heterocycles. The normalized spacial score (nSPS) is 30.5. The molecular weight excluding hydrogens is 266 g/mol.